The number of nitrogens with one attached hydrogen (secondary N) is 1. The SMILES string of the molecule is CCCNCC(Cc1ccc(Cl)cc1)Cc1ccco1. The van der Waals surface area contributed by atoms with E-state index in [0.717, 1.165) is 43.1 Å². The lowest BCUT2D eigenvalue weighted by Crippen LogP contribution is -2.26. The fraction of sp³-hybridized carbons (Fsp3) is 0.412. The molecule has 0 radical (unpaired) electrons. The summed E-state index contributed by atoms with van der Waals surface area (Å²) in [7, 11) is 0. The molecule has 1 heterocycles. The van der Waals surface area contributed by atoms with E-state index in [0.29, 0.717) is 5.92 Å². The average molecular weight is 292 g/mol. The van der Waals surface area contributed by atoms with Gasteiger partial charge in [0.15, 0.2) is 0 Å². The fourth-order valence-electron chi connectivity index (χ4n) is 2.37. The van der Waals surface area contributed by atoms with Gasteiger partial charge >= 0.3 is 0 Å². The maximum absolute atomic E-state index is 5.94. The van der Waals surface area contributed by atoms with Gasteiger partial charge in [0.1, 0.15) is 5.76 Å². The van der Waals surface area contributed by atoms with Crippen LogP contribution in [0.5, 0.6) is 0 Å². The van der Waals surface area contributed by atoms with Crippen molar-refractivity contribution in [3.63, 3.8) is 0 Å². The zero-order valence-electron chi connectivity index (χ0n) is 11.9. The number of hydrogen-bond donors (Lipinski definition) is 1. The van der Waals surface area contributed by atoms with Crippen LogP contribution in [0.1, 0.15) is 24.7 Å². The molecule has 0 fully saturated rings. The van der Waals surface area contributed by atoms with E-state index in [1.165, 1.54) is 5.56 Å². The van der Waals surface area contributed by atoms with Gasteiger partial charge in [-0.1, -0.05) is 30.7 Å². The zero-order chi connectivity index (χ0) is 14.2. The maximum atomic E-state index is 5.94. The van der Waals surface area contributed by atoms with Gasteiger partial charge in [-0.05, 0) is 61.7 Å². The summed E-state index contributed by atoms with van der Waals surface area (Å²) in [5.74, 6) is 1.59. The molecule has 0 aliphatic heterocycles. The minimum absolute atomic E-state index is 0.536. The van der Waals surface area contributed by atoms with Crippen molar-refractivity contribution in [1.29, 1.82) is 0 Å². The molecular formula is C17H22ClNO. The standard InChI is InChI=1S/C17H22ClNO/c1-2-9-19-13-15(12-17-4-3-10-20-17)11-14-5-7-16(18)8-6-14/h3-8,10,15,19H,2,9,11-13H2,1H3. The molecule has 1 N–H and O–H groups in total. The minimum atomic E-state index is 0.536. The first-order valence-electron chi connectivity index (χ1n) is 7.25. The monoisotopic (exact) mass is 291 g/mol. The van der Waals surface area contributed by atoms with Gasteiger partial charge in [-0.25, -0.2) is 0 Å². The number of furan rings is 1. The summed E-state index contributed by atoms with van der Waals surface area (Å²) in [6.45, 7) is 4.26. The first-order chi connectivity index (χ1) is 9.78. The predicted molar refractivity (Wildman–Crippen MR) is 84.2 cm³/mol. The lowest BCUT2D eigenvalue weighted by atomic mass is 9.95. The molecule has 0 saturated carbocycles. The number of halogens is 1. The molecule has 1 aromatic heterocycles. The smallest absolute Gasteiger partial charge is 0.104 e. The third kappa shape index (κ3) is 5.03. The second kappa shape index (κ2) is 8.13. The van der Waals surface area contributed by atoms with Crippen LogP contribution in [0.25, 0.3) is 0 Å². The molecule has 0 saturated heterocycles. The Bertz CT molecular complexity index is 478. The van der Waals surface area contributed by atoms with Crippen LogP contribution >= 0.6 is 11.6 Å². The van der Waals surface area contributed by atoms with E-state index >= 15 is 0 Å². The van der Waals surface area contributed by atoms with Crippen LogP contribution in [-0.2, 0) is 12.8 Å². The Balaban J connectivity index is 1.95. The summed E-state index contributed by atoms with van der Waals surface area (Å²) in [4.78, 5) is 0. The molecule has 0 amide bonds. The van der Waals surface area contributed by atoms with Crippen LogP contribution in [0.15, 0.2) is 47.1 Å². The Labute approximate surface area is 126 Å². The van der Waals surface area contributed by atoms with Crippen LogP contribution in [0.3, 0.4) is 0 Å². The predicted octanol–water partition coefficient (Wildman–Crippen LogP) is 4.33. The van der Waals surface area contributed by atoms with Crippen molar-refractivity contribution in [3.8, 4) is 0 Å². The van der Waals surface area contributed by atoms with Crippen LogP contribution in [0.2, 0.25) is 5.02 Å². The van der Waals surface area contributed by atoms with Crippen molar-refractivity contribution in [3.05, 3.63) is 59.0 Å². The summed E-state index contributed by atoms with van der Waals surface area (Å²) >= 11 is 5.94. The van der Waals surface area contributed by atoms with Gasteiger partial charge in [0.2, 0.25) is 0 Å². The summed E-state index contributed by atoms with van der Waals surface area (Å²) in [6.07, 6.45) is 4.91. The maximum Gasteiger partial charge on any atom is 0.104 e. The van der Waals surface area contributed by atoms with Gasteiger partial charge < -0.3 is 9.73 Å². The molecular weight excluding hydrogens is 270 g/mol. The van der Waals surface area contributed by atoms with Crippen molar-refractivity contribution >= 4 is 11.6 Å². The topological polar surface area (TPSA) is 25.2 Å². The van der Waals surface area contributed by atoms with E-state index < -0.39 is 0 Å². The average Bonchev–Trinajstić information content (AvgIpc) is 2.94. The highest BCUT2D eigenvalue weighted by molar-refractivity contribution is 6.30. The summed E-state index contributed by atoms with van der Waals surface area (Å²) in [6, 6.07) is 12.1. The van der Waals surface area contributed by atoms with Crippen LogP contribution in [-0.4, -0.2) is 13.1 Å². The molecule has 1 aromatic carbocycles. The number of rotatable bonds is 8. The third-order valence-corrected chi connectivity index (χ3v) is 3.62. The molecule has 1 atom stereocenters. The van der Waals surface area contributed by atoms with E-state index in [9.17, 15) is 0 Å². The summed E-state index contributed by atoms with van der Waals surface area (Å²) in [5, 5.41) is 4.30. The third-order valence-electron chi connectivity index (χ3n) is 3.37. The fourth-order valence-corrected chi connectivity index (χ4v) is 2.49. The Morgan fingerprint density at radius 1 is 1.15 bits per heavy atom. The molecule has 2 aromatic rings. The molecule has 1 unspecified atom stereocenters. The van der Waals surface area contributed by atoms with Crippen molar-refractivity contribution in [2.45, 2.75) is 26.2 Å². The Hall–Kier alpha value is -1.25. The van der Waals surface area contributed by atoms with Crippen molar-refractivity contribution in [1.82, 2.24) is 5.32 Å². The highest BCUT2D eigenvalue weighted by atomic mass is 35.5. The molecule has 0 aliphatic rings. The lowest BCUT2D eigenvalue weighted by Gasteiger charge is -2.16. The second-order valence-corrected chi connectivity index (χ2v) is 5.62. The van der Waals surface area contributed by atoms with E-state index in [4.69, 9.17) is 16.0 Å². The van der Waals surface area contributed by atoms with Gasteiger partial charge in [0.25, 0.3) is 0 Å². The molecule has 2 rings (SSSR count). The molecule has 0 bridgehead atoms. The first-order valence-corrected chi connectivity index (χ1v) is 7.63. The van der Waals surface area contributed by atoms with Crippen molar-refractivity contribution < 1.29 is 4.42 Å². The quantitative estimate of drug-likeness (QED) is 0.732. The highest BCUT2D eigenvalue weighted by Crippen LogP contribution is 2.17. The van der Waals surface area contributed by atoms with E-state index in [-0.39, 0.29) is 0 Å². The van der Waals surface area contributed by atoms with Gasteiger partial charge in [-0.2, -0.15) is 0 Å². The van der Waals surface area contributed by atoms with Crippen molar-refractivity contribution in [2.75, 3.05) is 13.1 Å². The van der Waals surface area contributed by atoms with E-state index in [2.05, 4.69) is 30.4 Å². The summed E-state index contributed by atoms with van der Waals surface area (Å²) in [5.41, 5.74) is 1.32. The lowest BCUT2D eigenvalue weighted by molar-refractivity contribution is 0.415. The van der Waals surface area contributed by atoms with Gasteiger partial charge in [0.05, 0.1) is 6.26 Å². The molecule has 0 aliphatic carbocycles. The Kier molecular flexibility index (Phi) is 6.16. The highest BCUT2D eigenvalue weighted by Gasteiger charge is 2.12. The van der Waals surface area contributed by atoms with Gasteiger partial charge in [-0.3, -0.25) is 0 Å². The molecule has 108 valence electrons. The normalized spacial score (nSPS) is 12.5. The minimum Gasteiger partial charge on any atom is -0.469 e. The Morgan fingerprint density at radius 3 is 2.60 bits per heavy atom. The second-order valence-electron chi connectivity index (χ2n) is 5.18. The summed E-state index contributed by atoms with van der Waals surface area (Å²) < 4.78 is 5.48. The van der Waals surface area contributed by atoms with Crippen LogP contribution in [0, 0.1) is 5.92 Å². The molecule has 2 nitrogen and oxygen atoms in total. The largest absolute Gasteiger partial charge is 0.469 e. The van der Waals surface area contributed by atoms with Crippen LogP contribution in [0.4, 0.5) is 0 Å². The van der Waals surface area contributed by atoms with Crippen molar-refractivity contribution in [2.24, 2.45) is 5.92 Å². The molecule has 0 spiro atoms. The first kappa shape index (κ1) is 15.1. The van der Waals surface area contributed by atoms with E-state index in [1.807, 2.05) is 18.2 Å². The molecule has 20 heavy (non-hydrogen) atoms. The number of hydrogen-bond acceptors (Lipinski definition) is 2. The van der Waals surface area contributed by atoms with Crippen LogP contribution < -0.4 is 5.32 Å². The Morgan fingerprint density at radius 2 is 1.95 bits per heavy atom. The molecule has 3 heteroatoms. The van der Waals surface area contributed by atoms with Gasteiger partial charge in [-0.15, -0.1) is 0 Å². The number of benzene rings is 1. The van der Waals surface area contributed by atoms with E-state index in [1.54, 1.807) is 6.26 Å². The zero-order valence-corrected chi connectivity index (χ0v) is 12.7. The van der Waals surface area contributed by atoms with Gasteiger partial charge in [0, 0.05) is 11.4 Å².